The first kappa shape index (κ1) is 19.2. The molecule has 136 valence electrons. The molecule has 0 bridgehead atoms. The number of furan rings is 1. The van der Waals surface area contributed by atoms with Gasteiger partial charge in [0.05, 0.1) is 6.54 Å². The summed E-state index contributed by atoms with van der Waals surface area (Å²) in [5.74, 6) is 0.904. The van der Waals surface area contributed by atoms with Gasteiger partial charge in [-0.25, -0.2) is 4.79 Å². The van der Waals surface area contributed by atoms with Crippen LogP contribution in [0.4, 0.5) is 5.69 Å². The molecule has 6 nitrogen and oxygen atoms in total. The van der Waals surface area contributed by atoms with Crippen LogP contribution in [0.1, 0.15) is 11.3 Å². The number of aliphatic hydroxyl groups excluding tert-OH is 1. The van der Waals surface area contributed by atoms with Gasteiger partial charge in [0, 0.05) is 41.3 Å². The fourth-order valence-corrected chi connectivity index (χ4v) is 2.75. The Morgan fingerprint density at radius 2 is 1.69 bits per heavy atom. The zero-order valence-corrected chi connectivity index (χ0v) is 14.6. The second-order valence-electron chi connectivity index (χ2n) is 5.51. The van der Waals surface area contributed by atoms with Crippen molar-refractivity contribution in [2.75, 3.05) is 12.4 Å². The van der Waals surface area contributed by atoms with Crippen LogP contribution in [-0.2, 0) is 6.54 Å². The van der Waals surface area contributed by atoms with Gasteiger partial charge in [0.15, 0.2) is 0 Å². The lowest BCUT2D eigenvalue weighted by Gasteiger charge is -2.06. The number of hydrogen-bond donors (Lipinski definition) is 2. The fourth-order valence-electron chi connectivity index (χ4n) is 2.75. The second-order valence-corrected chi connectivity index (χ2v) is 5.51. The zero-order valence-electron chi connectivity index (χ0n) is 14.6. The highest BCUT2D eigenvalue weighted by molar-refractivity contribution is 5.82. The van der Waals surface area contributed by atoms with Gasteiger partial charge in [-0.3, -0.25) is 0 Å². The molecule has 26 heavy (non-hydrogen) atoms. The lowest BCUT2D eigenvalue weighted by molar-refractivity contribution is 0.399. The van der Waals surface area contributed by atoms with E-state index in [-0.39, 0.29) is 11.1 Å². The van der Waals surface area contributed by atoms with Gasteiger partial charge in [-0.05, 0) is 31.2 Å². The predicted molar refractivity (Wildman–Crippen MR) is 103 cm³/mol. The molecule has 0 spiro atoms. The summed E-state index contributed by atoms with van der Waals surface area (Å²) in [4.78, 5) is 11.3. The molecule has 0 saturated carbocycles. The number of hydrogen-bond acceptors (Lipinski definition) is 5. The molecule has 2 aromatic heterocycles. The summed E-state index contributed by atoms with van der Waals surface area (Å²) in [6.45, 7) is 2.63. The summed E-state index contributed by atoms with van der Waals surface area (Å²) in [6, 6.07) is 16.9. The Bertz CT molecular complexity index is 1060. The van der Waals surface area contributed by atoms with Crippen LogP contribution in [0.25, 0.3) is 21.9 Å². The van der Waals surface area contributed by atoms with E-state index in [1.54, 1.807) is 6.07 Å². The predicted octanol–water partition coefficient (Wildman–Crippen LogP) is 3.24. The van der Waals surface area contributed by atoms with E-state index in [2.05, 4.69) is 18.3 Å². The monoisotopic (exact) mass is 355 g/mol. The Morgan fingerprint density at radius 3 is 2.46 bits per heavy atom. The maximum absolute atomic E-state index is 11.3. The molecule has 2 aromatic carbocycles. The molecule has 0 aliphatic rings. The van der Waals surface area contributed by atoms with Gasteiger partial charge in [0.1, 0.15) is 16.9 Å². The highest BCUT2D eigenvalue weighted by Gasteiger charge is 2.09. The Balaban J connectivity index is 0.000000784. The Morgan fingerprint density at radius 1 is 0.962 bits per heavy atom. The second kappa shape index (κ2) is 8.33. The van der Waals surface area contributed by atoms with Crippen LogP contribution in [0.15, 0.2) is 68.2 Å². The van der Waals surface area contributed by atoms with E-state index in [1.807, 2.05) is 36.4 Å². The fraction of sp³-hybridized carbons (Fsp3) is 0.150. The highest BCUT2D eigenvalue weighted by Crippen LogP contribution is 2.26. The molecule has 0 amide bonds. The minimum atomic E-state index is -0.345. The van der Waals surface area contributed by atoms with Crippen molar-refractivity contribution in [2.24, 2.45) is 0 Å². The number of aryl methyl sites for hydroxylation is 1. The van der Waals surface area contributed by atoms with Crippen LogP contribution in [0.5, 0.6) is 0 Å². The molecular formula is C20H21NO5. The van der Waals surface area contributed by atoms with Gasteiger partial charge < -0.3 is 24.7 Å². The molecule has 0 radical (unpaired) electrons. The highest BCUT2D eigenvalue weighted by atomic mass is 16.4. The van der Waals surface area contributed by atoms with Crippen molar-refractivity contribution in [1.29, 1.82) is 0 Å². The SMILES string of the molecule is CO.Cc1c(CNc2ccc3ccc(=O)oc3c2)oc2ccccc12.O. The molecular weight excluding hydrogens is 334 g/mol. The van der Waals surface area contributed by atoms with Crippen molar-refractivity contribution in [3.05, 3.63) is 76.3 Å². The van der Waals surface area contributed by atoms with E-state index in [9.17, 15) is 4.79 Å². The number of benzene rings is 2. The van der Waals surface area contributed by atoms with Gasteiger partial charge in [0.25, 0.3) is 0 Å². The van der Waals surface area contributed by atoms with Crippen molar-refractivity contribution >= 4 is 27.6 Å². The van der Waals surface area contributed by atoms with Crippen molar-refractivity contribution in [2.45, 2.75) is 13.5 Å². The number of para-hydroxylation sites is 1. The van der Waals surface area contributed by atoms with E-state index in [0.29, 0.717) is 12.1 Å². The van der Waals surface area contributed by atoms with Crippen LogP contribution in [0.2, 0.25) is 0 Å². The molecule has 0 atom stereocenters. The van der Waals surface area contributed by atoms with Gasteiger partial charge in [-0.1, -0.05) is 18.2 Å². The quantitative estimate of drug-likeness (QED) is 0.549. The molecule has 0 fully saturated rings. The maximum Gasteiger partial charge on any atom is 0.336 e. The topological polar surface area (TPSA) is 107 Å². The first-order chi connectivity index (χ1) is 12.2. The summed E-state index contributed by atoms with van der Waals surface area (Å²) in [5.41, 5.74) is 3.14. The molecule has 4 rings (SSSR count). The molecule has 0 aliphatic heterocycles. The molecule has 4 N–H and O–H groups in total. The van der Waals surface area contributed by atoms with Crippen LogP contribution in [0.3, 0.4) is 0 Å². The third kappa shape index (κ3) is 3.77. The molecule has 2 heterocycles. The third-order valence-electron chi connectivity index (χ3n) is 4.02. The Kier molecular flexibility index (Phi) is 6.16. The number of fused-ring (bicyclic) bond motifs is 2. The average molecular weight is 355 g/mol. The minimum absolute atomic E-state index is 0. The summed E-state index contributed by atoms with van der Waals surface area (Å²) >= 11 is 0. The van der Waals surface area contributed by atoms with Crippen molar-refractivity contribution in [3.8, 4) is 0 Å². The first-order valence-electron chi connectivity index (χ1n) is 7.90. The van der Waals surface area contributed by atoms with E-state index in [1.165, 1.54) is 6.07 Å². The first-order valence-corrected chi connectivity index (χ1v) is 7.90. The van der Waals surface area contributed by atoms with Crippen LogP contribution in [0, 0.1) is 6.92 Å². The van der Waals surface area contributed by atoms with Crippen molar-refractivity contribution in [1.82, 2.24) is 0 Å². The lowest BCUT2D eigenvalue weighted by atomic mass is 10.1. The van der Waals surface area contributed by atoms with E-state index in [4.69, 9.17) is 13.9 Å². The van der Waals surface area contributed by atoms with Gasteiger partial charge >= 0.3 is 5.63 Å². The Labute approximate surface area is 150 Å². The van der Waals surface area contributed by atoms with Gasteiger partial charge in [-0.2, -0.15) is 0 Å². The number of aliphatic hydroxyl groups is 1. The van der Waals surface area contributed by atoms with Crippen molar-refractivity contribution in [3.63, 3.8) is 0 Å². The number of nitrogens with one attached hydrogen (secondary N) is 1. The molecule has 0 aliphatic carbocycles. The van der Waals surface area contributed by atoms with Crippen LogP contribution < -0.4 is 10.9 Å². The number of rotatable bonds is 3. The molecule has 0 saturated heterocycles. The van der Waals surface area contributed by atoms with Crippen LogP contribution >= 0.6 is 0 Å². The number of anilines is 1. The summed E-state index contributed by atoms with van der Waals surface area (Å²) < 4.78 is 11.1. The lowest BCUT2D eigenvalue weighted by Crippen LogP contribution is -2.00. The van der Waals surface area contributed by atoms with Crippen LogP contribution in [-0.4, -0.2) is 17.7 Å². The van der Waals surface area contributed by atoms with E-state index >= 15 is 0 Å². The maximum atomic E-state index is 11.3. The standard InChI is InChI=1S/C19H15NO3.CH4O.H2O/c1-12-15-4-2-3-5-16(15)22-18(12)11-20-14-8-6-13-7-9-19(21)23-17(13)10-14;1-2;/h2-10,20H,11H2,1H3;2H,1H3;1H2. The normalized spacial score (nSPS) is 10.1. The molecule has 6 heteroatoms. The smallest absolute Gasteiger partial charge is 0.336 e. The zero-order chi connectivity index (χ0) is 17.8. The van der Waals surface area contributed by atoms with Crippen molar-refractivity contribution < 1.29 is 19.4 Å². The molecule has 0 unspecified atom stereocenters. The average Bonchev–Trinajstić information content (AvgIpc) is 2.97. The van der Waals surface area contributed by atoms with Gasteiger partial charge in [0.2, 0.25) is 0 Å². The van der Waals surface area contributed by atoms with E-state index in [0.717, 1.165) is 40.5 Å². The third-order valence-corrected chi connectivity index (χ3v) is 4.02. The van der Waals surface area contributed by atoms with E-state index < -0.39 is 0 Å². The summed E-state index contributed by atoms with van der Waals surface area (Å²) in [6.07, 6.45) is 0. The largest absolute Gasteiger partial charge is 0.459 e. The van der Waals surface area contributed by atoms with Gasteiger partial charge in [-0.15, -0.1) is 0 Å². The Hall–Kier alpha value is -3.09. The summed E-state index contributed by atoms with van der Waals surface area (Å²) in [7, 11) is 1.00. The minimum Gasteiger partial charge on any atom is -0.459 e. The summed E-state index contributed by atoms with van der Waals surface area (Å²) in [5, 5.41) is 12.3. The molecule has 4 aromatic rings.